The predicted molar refractivity (Wildman–Crippen MR) is 70.3 cm³/mol. The van der Waals surface area contributed by atoms with Crippen molar-refractivity contribution in [1.29, 1.82) is 0 Å². The van der Waals surface area contributed by atoms with Gasteiger partial charge in [-0.3, -0.25) is 0 Å². The molecule has 1 atom stereocenters. The van der Waals surface area contributed by atoms with Crippen LogP contribution in [0.4, 0.5) is 5.69 Å². The molecule has 1 aliphatic heterocycles. The first-order valence-electron chi connectivity index (χ1n) is 5.92. The Balaban J connectivity index is 2.21. The SMILES string of the molecule is CNCc1ccc(N2CCCC2C)c(Cl)c1. The van der Waals surface area contributed by atoms with Crippen LogP contribution in [-0.2, 0) is 6.54 Å². The van der Waals surface area contributed by atoms with E-state index in [1.807, 2.05) is 7.05 Å². The van der Waals surface area contributed by atoms with E-state index < -0.39 is 0 Å². The van der Waals surface area contributed by atoms with Gasteiger partial charge in [0, 0.05) is 19.1 Å². The molecule has 1 N–H and O–H groups in total. The monoisotopic (exact) mass is 238 g/mol. The van der Waals surface area contributed by atoms with E-state index in [9.17, 15) is 0 Å². The molecule has 1 fully saturated rings. The Morgan fingerprint density at radius 1 is 1.50 bits per heavy atom. The van der Waals surface area contributed by atoms with E-state index in [0.29, 0.717) is 6.04 Å². The summed E-state index contributed by atoms with van der Waals surface area (Å²) in [6.45, 7) is 4.27. The Morgan fingerprint density at radius 2 is 2.31 bits per heavy atom. The number of anilines is 1. The van der Waals surface area contributed by atoms with Crippen LogP contribution in [0.15, 0.2) is 18.2 Å². The molecule has 0 radical (unpaired) electrons. The van der Waals surface area contributed by atoms with Crippen molar-refractivity contribution in [3.8, 4) is 0 Å². The normalized spacial score (nSPS) is 20.4. The van der Waals surface area contributed by atoms with E-state index in [2.05, 4.69) is 35.3 Å². The van der Waals surface area contributed by atoms with Crippen LogP contribution in [-0.4, -0.2) is 19.6 Å². The predicted octanol–water partition coefficient (Wildman–Crippen LogP) is 3.05. The van der Waals surface area contributed by atoms with Gasteiger partial charge in [0.25, 0.3) is 0 Å². The zero-order valence-electron chi connectivity index (χ0n) is 9.96. The van der Waals surface area contributed by atoms with Crippen LogP contribution < -0.4 is 10.2 Å². The van der Waals surface area contributed by atoms with Gasteiger partial charge in [0.2, 0.25) is 0 Å². The second-order valence-electron chi connectivity index (χ2n) is 4.50. The van der Waals surface area contributed by atoms with Gasteiger partial charge in [0.05, 0.1) is 10.7 Å². The topological polar surface area (TPSA) is 15.3 Å². The van der Waals surface area contributed by atoms with E-state index >= 15 is 0 Å². The summed E-state index contributed by atoms with van der Waals surface area (Å²) < 4.78 is 0. The van der Waals surface area contributed by atoms with Gasteiger partial charge in [-0.2, -0.15) is 0 Å². The molecule has 0 spiro atoms. The third-order valence-electron chi connectivity index (χ3n) is 3.26. The average molecular weight is 239 g/mol. The van der Waals surface area contributed by atoms with Gasteiger partial charge in [-0.25, -0.2) is 0 Å². The molecule has 1 aliphatic rings. The minimum absolute atomic E-state index is 0.618. The summed E-state index contributed by atoms with van der Waals surface area (Å²) in [7, 11) is 1.95. The molecule has 1 saturated heterocycles. The second kappa shape index (κ2) is 5.07. The molecule has 0 aromatic heterocycles. The fourth-order valence-corrected chi connectivity index (χ4v) is 2.70. The van der Waals surface area contributed by atoms with Gasteiger partial charge in [-0.1, -0.05) is 17.7 Å². The summed E-state index contributed by atoms with van der Waals surface area (Å²) in [5, 5.41) is 4.01. The van der Waals surface area contributed by atoms with Crippen LogP contribution in [0.3, 0.4) is 0 Å². The van der Waals surface area contributed by atoms with Crippen LogP contribution >= 0.6 is 11.6 Å². The molecule has 88 valence electrons. The van der Waals surface area contributed by atoms with Gasteiger partial charge < -0.3 is 10.2 Å². The number of hydrogen-bond donors (Lipinski definition) is 1. The summed E-state index contributed by atoms with van der Waals surface area (Å²) in [6.07, 6.45) is 2.55. The van der Waals surface area contributed by atoms with E-state index in [1.165, 1.54) is 24.1 Å². The second-order valence-corrected chi connectivity index (χ2v) is 4.91. The van der Waals surface area contributed by atoms with Gasteiger partial charge in [-0.05, 0) is 44.5 Å². The minimum Gasteiger partial charge on any atom is -0.368 e. The number of nitrogens with zero attached hydrogens (tertiary/aromatic N) is 1. The van der Waals surface area contributed by atoms with Gasteiger partial charge in [0.1, 0.15) is 0 Å². The number of rotatable bonds is 3. The fraction of sp³-hybridized carbons (Fsp3) is 0.538. The standard InChI is InChI=1S/C13H19ClN2/c1-10-4-3-7-16(10)13-6-5-11(9-15-2)8-12(13)14/h5-6,8,10,15H,3-4,7,9H2,1-2H3. The zero-order valence-corrected chi connectivity index (χ0v) is 10.7. The lowest BCUT2D eigenvalue weighted by Crippen LogP contribution is -2.26. The quantitative estimate of drug-likeness (QED) is 0.871. The molecular formula is C13H19ClN2. The molecule has 16 heavy (non-hydrogen) atoms. The summed E-state index contributed by atoms with van der Waals surface area (Å²) in [5.41, 5.74) is 2.43. The largest absolute Gasteiger partial charge is 0.368 e. The minimum atomic E-state index is 0.618. The molecule has 0 bridgehead atoms. The molecule has 0 saturated carbocycles. The maximum atomic E-state index is 6.34. The molecule has 0 aliphatic carbocycles. The third-order valence-corrected chi connectivity index (χ3v) is 3.56. The zero-order chi connectivity index (χ0) is 11.5. The van der Waals surface area contributed by atoms with Crippen LogP contribution in [0, 0.1) is 0 Å². The number of nitrogens with one attached hydrogen (secondary N) is 1. The van der Waals surface area contributed by atoms with Crippen LogP contribution in [0.25, 0.3) is 0 Å². The smallest absolute Gasteiger partial charge is 0.0642 e. The molecule has 2 nitrogen and oxygen atoms in total. The third kappa shape index (κ3) is 2.33. The molecule has 1 aromatic rings. The van der Waals surface area contributed by atoms with Crippen molar-refractivity contribution in [2.45, 2.75) is 32.4 Å². The van der Waals surface area contributed by atoms with Crippen molar-refractivity contribution in [2.75, 3.05) is 18.5 Å². The fourth-order valence-electron chi connectivity index (χ4n) is 2.39. The summed E-state index contributed by atoms with van der Waals surface area (Å²) in [4.78, 5) is 2.41. The van der Waals surface area contributed by atoms with Crippen molar-refractivity contribution in [1.82, 2.24) is 5.32 Å². The molecule has 1 heterocycles. The van der Waals surface area contributed by atoms with Crippen LogP contribution in [0.2, 0.25) is 5.02 Å². The summed E-state index contributed by atoms with van der Waals surface area (Å²) in [5.74, 6) is 0. The Bertz CT molecular complexity index is 365. The molecule has 1 unspecified atom stereocenters. The average Bonchev–Trinajstić information content (AvgIpc) is 2.65. The highest BCUT2D eigenvalue weighted by atomic mass is 35.5. The Labute approximate surface area is 103 Å². The highest BCUT2D eigenvalue weighted by Gasteiger charge is 2.22. The van der Waals surface area contributed by atoms with Crippen molar-refractivity contribution in [2.24, 2.45) is 0 Å². The van der Waals surface area contributed by atoms with Gasteiger partial charge in [0.15, 0.2) is 0 Å². The number of hydrogen-bond acceptors (Lipinski definition) is 2. The lowest BCUT2D eigenvalue weighted by atomic mass is 10.1. The first-order chi connectivity index (χ1) is 7.72. The number of halogens is 1. The molecule has 0 amide bonds. The highest BCUT2D eigenvalue weighted by molar-refractivity contribution is 6.33. The maximum Gasteiger partial charge on any atom is 0.0642 e. The van der Waals surface area contributed by atoms with E-state index in [4.69, 9.17) is 11.6 Å². The van der Waals surface area contributed by atoms with Crippen molar-refractivity contribution in [3.63, 3.8) is 0 Å². The van der Waals surface area contributed by atoms with Gasteiger partial charge in [-0.15, -0.1) is 0 Å². The molecular weight excluding hydrogens is 220 g/mol. The first-order valence-corrected chi connectivity index (χ1v) is 6.30. The first kappa shape index (κ1) is 11.7. The van der Waals surface area contributed by atoms with E-state index in [1.54, 1.807) is 0 Å². The van der Waals surface area contributed by atoms with E-state index in [-0.39, 0.29) is 0 Å². The molecule has 1 aromatic carbocycles. The Hall–Kier alpha value is -0.730. The highest BCUT2D eigenvalue weighted by Crippen LogP contribution is 2.32. The molecule has 3 heteroatoms. The number of benzene rings is 1. The van der Waals surface area contributed by atoms with Crippen molar-refractivity contribution < 1.29 is 0 Å². The van der Waals surface area contributed by atoms with Crippen LogP contribution in [0.1, 0.15) is 25.3 Å². The Morgan fingerprint density at radius 3 is 2.88 bits per heavy atom. The maximum absolute atomic E-state index is 6.34. The summed E-state index contributed by atoms with van der Waals surface area (Å²) in [6, 6.07) is 6.99. The lowest BCUT2D eigenvalue weighted by molar-refractivity contribution is 0.734. The van der Waals surface area contributed by atoms with Gasteiger partial charge >= 0.3 is 0 Å². The van der Waals surface area contributed by atoms with E-state index in [0.717, 1.165) is 18.1 Å². The molecule has 2 rings (SSSR count). The lowest BCUT2D eigenvalue weighted by Gasteiger charge is -2.25. The van der Waals surface area contributed by atoms with Crippen molar-refractivity contribution >= 4 is 17.3 Å². The Kier molecular flexibility index (Phi) is 3.72. The summed E-state index contributed by atoms with van der Waals surface area (Å²) >= 11 is 6.34. The van der Waals surface area contributed by atoms with Crippen molar-refractivity contribution in [3.05, 3.63) is 28.8 Å². The van der Waals surface area contributed by atoms with Crippen LogP contribution in [0.5, 0.6) is 0 Å².